The van der Waals surface area contributed by atoms with Crippen LogP contribution in [0.5, 0.6) is 0 Å². The fourth-order valence-electron chi connectivity index (χ4n) is 4.11. The summed E-state index contributed by atoms with van der Waals surface area (Å²) >= 11 is 9.27. The number of anilines is 2. The van der Waals surface area contributed by atoms with Crippen molar-refractivity contribution in [2.75, 3.05) is 43.1 Å². The molecule has 2 aliphatic heterocycles. The molecule has 1 N–H and O–H groups in total. The van der Waals surface area contributed by atoms with Crippen LogP contribution >= 0.6 is 35.1 Å². The highest BCUT2D eigenvalue weighted by atomic mass is 35.5. The summed E-state index contributed by atoms with van der Waals surface area (Å²) in [5, 5.41) is 11.7. The second-order valence-corrected chi connectivity index (χ2v) is 10.9. The number of nitrogens with zero attached hydrogens (tertiary/aromatic N) is 4. The molecule has 1 amide bonds. The number of likely N-dealkylation sites (N-methyl/N-ethyl adjacent to an activating group) is 1. The molecule has 0 spiro atoms. The normalized spacial score (nSPS) is 18.7. The van der Waals surface area contributed by atoms with Crippen LogP contribution < -0.4 is 9.80 Å². The number of thioether (sulfide) groups is 2. The SMILES string of the molecule is CCCCN1C(=O)/C(=C2/Sc3ccc(Cl)cc3N2C)SC1=Nc1ccc(N(CC)CCO)cc1C. The first-order chi connectivity index (χ1) is 16.9. The van der Waals surface area contributed by atoms with E-state index in [1.54, 1.807) is 11.8 Å². The lowest BCUT2D eigenvalue weighted by atomic mass is 10.1. The summed E-state index contributed by atoms with van der Waals surface area (Å²) in [5.41, 5.74) is 3.95. The Morgan fingerprint density at radius 1 is 1.14 bits per heavy atom. The molecule has 1 saturated heterocycles. The molecule has 2 heterocycles. The van der Waals surface area contributed by atoms with Crippen molar-refractivity contribution < 1.29 is 9.90 Å². The lowest BCUT2D eigenvalue weighted by Crippen LogP contribution is -2.30. The minimum atomic E-state index is 0.00447. The van der Waals surface area contributed by atoms with Gasteiger partial charge in [-0.1, -0.05) is 36.7 Å². The van der Waals surface area contributed by atoms with Gasteiger partial charge in [0.25, 0.3) is 5.91 Å². The van der Waals surface area contributed by atoms with Gasteiger partial charge >= 0.3 is 0 Å². The van der Waals surface area contributed by atoms with Crippen molar-refractivity contribution in [2.24, 2.45) is 4.99 Å². The van der Waals surface area contributed by atoms with Gasteiger partial charge in [0.2, 0.25) is 0 Å². The van der Waals surface area contributed by atoms with E-state index in [0.29, 0.717) is 28.2 Å². The van der Waals surface area contributed by atoms with Gasteiger partial charge < -0.3 is 14.9 Å². The Labute approximate surface area is 221 Å². The van der Waals surface area contributed by atoms with Crippen molar-refractivity contribution in [3.05, 3.63) is 56.9 Å². The number of benzene rings is 2. The molecule has 6 nitrogen and oxygen atoms in total. The number of aryl methyl sites for hydroxylation is 1. The van der Waals surface area contributed by atoms with Gasteiger partial charge in [0.15, 0.2) is 5.17 Å². The average molecular weight is 531 g/mol. The van der Waals surface area contributed by atoms with Crippen LogP contribution in [0.4, 0.5) is 17.1 Å². The first-order valence-corrected chi connectivity index (χ1v) is 13.9. The van der Waals surface area contributed by atoms with Crippen LogP contribution in [-0.4, -0.2) is 54.4 Å². The molecule has 0 atom stereocenters. The van der Waals surface area contributed by atoms with E-state index in [2.05, 4.69) is 24.8 Å². The average Bonchev–Trinajstić information content (AvgIpc) is 3.33. The number of aliphatic imine (C=N–C) groups is 1. The zero-order chi connectivity index (χ0) is 25.1. The molecule has 186 valence electrons. The molecular weight excluding hydrogens is 500 g/mol. The van der Waals surface area contributed by atoms with E-state index in [1.165, 1.54) is 11.8 Å². The molecule has 4 rings (SSSR count). The minimum Gasteiger partial charge on any atom is -0.395 e. The van der Waals surface area contributed by atoms with Crippen LogP contribution in [0.1, 0.15) is 32.3 Å². The summed E-state index contributed by atoms with van der Waals surface area (Å²) in [4.78, 5) is 26.3. The first-order valence-electron chi connectivity index (χ1n) is 11.9. The number of halogens is 1. The molecule has 0 bridgehead atoms. The van der Waals surface area contributed by atoms with Crippen molar-refractivity contribution in [3.63, 3.8) is 0 Å². The molecule has 2 aliphatic rings. The summed E-state index contributed by atoms with van der Waals surface area (Å²) in [6.07, 6.45) is 1.91. The monoisotopic (exact) mass is 530 g/mol. The van der Waals surface area contributed by atoms with E-state index >= 15 is 0 Å². The molecule has 9 heteroatoms. The number of amides is 1. The van der Waals surface area contributed by atoms with Crippen molar-refractivity contribution >= 4 is 63.3 Å². The summed E-state index contributed by atoms with van der Waals surface area (Å²) in [6, 6.07) is 11.9. The molecule has 2 aromatic carbocycles. The van der Waals surface area contributed by atoms with Crippen LogP contribution in [0, 0.1) is 6.92 Å². The van der Waals surface area contributed by atoms with Crippen LogP contribution in [0.3, 0.4) is 0 Å². The number of aliphatic hydroxyl groups is 1. The summed E-state index contributed by atoms with van der Waals surface area (Å²) < 4.78 is 0. The molecule has 35 heavy (non-hydrogen) atoms. The Balaban J connectivity index is 1.68. The molecule has 0 radical (unpaired) electrons. The van der Waals surface area contributed by atoms with Gasteiger partial charge in [-0.25, -0.2) is 4.99 Å². The van der Waals surface area contributed by atoms with Gasteiger partial charge in [-0.2, -0.15) is 0 Å². The van der Waals surface area contributed by atoms with Crippen LogP contribution in [-0.2, 0) is 4.79 Å². The molecule has 0 unspecified atom stereocenters. The quantitative estimate of drug-likeness (QED) is 0.407. The maximum atomic E-state index is 13.6. The number of carbonyl (C=O) groups excluding carboxylic acids is 1. The Kier molecular flexibility index (Phi) is 8.37. The smallest absolute Gasteiger partial charge is 0.269 e. The fraction of sp³-hybridized carbons (Fsp3) is 0.385. The van der Waals surface area contributed by atoms with E-state index in [1.807, 2.05) is 54.1 Å². The number of carbonyl (C=O) groups is 1. The third kappa shape index (κ3) is 5.35. The van der Waals surface area contributed by atoms with Crippen molar-refractivity contribution in [1.82, 2.24) is 4.90 Å². The second kappa shape index (κ2) is 11.3. The third-order valence-electron chi connectivity index (χ3n) is 6.10. The van der Waals surface area contributed by atoms with E-state index in [4.69, 9.17) is 16.6 Å². The highest BCUT2D eigenvalue weighted by molar-refractivity contribution is 8.19. The molecule has 0 aliphatic carbocycles. The van der Waals surface area contributed by atoms with Crippen molar-refractivity contribution in [1.29, 1.82) is 0 Å². The van der Waals surface area contributed by atoms with Crippen molar-refractivity contribution in [2.45, 2.75) is 38.5 Å². The third-order valence-corrected chi connectivity index (χ3v) is 8.77. The molecule has 2 aromatic rings. The number of unbranched alkanes of at least 4 members (excludes halogenated alkanes) is 1. The number of hydrogen-bond donors (Lipinski definition) is 1. The van der Waals surface area contributed by atoms with E-state index < -0.39 is 0 Å². The Morgan fingerprint density at radius 2 is 1.94 bits per heavy atom. The summed E-state index contributed by atoms with van der Waals surface area (Å²) in [7, 11) is 1.98. The molecule has 1 fully saturated rings. The number of fused-ring (bicyclic) bond motifs is 1. The fourth-order valence-corrected chi connectivity index (χ4v) is 6.62. The maximum Gasteiger partial charge on any atom is 0.269 e. The van der Waals surface area contributed by atoms with E-state index in [0.717, 1.165) is 51.9 Å². The number of rotatable bonds is 8. The van der Waals surface area contributed by atoms with Gasteiger partial charge in [0.05, 0.1) is 23.0 Å². The van der Waals surface area contributed by atoms with Gasteiger partial charge in [-0.3, -0.25) is 9.69 Å². The summed E-state index contributed by atoms with van der Waals surface area (Å²) in [6.45, 7) is 8.40. The zero-order valence-corrected chi connectivity index (χ0v) is 22.9. The highest BCUT2D eigenvalue weighted by Gasteiger charge is 2.39. The first kappa shape index (κ1) is 25.9. The molecule has 0 saturated carbocycles. The second-order valence-electron chi connectivity index (χ2n) is 8.49. The topological polar surface area (TPSA) is 59.4 Å². The van der Waals surface area contributed by atoms with Gasteiger partial charge in [-0.05, 0) is 74.0 Å². The van der Waals surface area contributed by atoms with E-state index in [-0.39, 0.29) is 12.5 Å². The Hall–Kier alpha value is -2.13. The largest absolute Gasteiger partial charge is 0.395 e. The minimum absolute atomic E-state index is 0.00447. The van der Waals surface area contributed by atoms with E-state index in [9.17, 15) is 9.90 Å². The number of amidine groups is 1. The van der Waals surface area contributed by atoms with Crippen LogP contribution in [0.2, 0.25) is 5.02 Å². The summed E-state index contributed by atoms with van der Waals surface area (Å²) in [5.74, 6) is 0.00447. The lowest BCUT2D eigenvalue weighted by molar-refractivity contribution is -0.122. The predicted octanol–water partition coefficient (Wildman–Crippen LogP) is 6.24. The molecular formula is C26H31ClN4O2S2. The number of hydrogen-bond acceptors (Lipinski definition) is 7. The molecule has 0 aromatic heterocycles. The highest BCUT2D eigenvalue weighted by Crippen LogP contribution is 2.50. The number of aliphatic hydroxyl groups excluding tert-OH is 1. The van der Waals surface area contributed by atoms with Gasteiger partial charge in [0, 0.05) is 42.3 Å². The Bertz CT molecular complexity index is 1180. The van der Waals surface area contributed by atoms with Crippen LogP contribution in [0.25, 0.3) is 0 Å². The lowest BCUT2D eigenvalue weighted by Gasteiger charge is -2.22. The zero-order valence-electron chi connectivity index (χ0n) is 20.5. The van der Waals surface area contributed by atoms with Gasteiger partial charge in [-0.15, -0.1) is 0 Å². The standard InChI is InChI=1S/C26H31ClN4O2S2/c1-5-7-12-31-24(33)23(25-29(4)21-16-18(27)8-11-22(21)34-25)35-26(31)28-20-10-9-19(15-17(20)3)30(6-2)13-14-32/h8-11,15-16,32H,5-7,12-14H2,1-4H3/b25-23-,28-26?. The maximum absolute atomic E-state index is 13.6. The predicted molar refractivity (Wildman–Crippen MR) is 150 cm³/mol. The Morgan fingerprint density at radius 3 is 2.63 bits per heavy atom. The van der Waals surface area contributed by atoms with Gasteiger partial charge in [0.1, 0.15) is 4.91 Å². The van der Waals surface area contributed by atoms with Crippen LogP contribution in [0.15, 0.2) is 56.2 Å². The van der Waals surface area contributed by atoms with Crippen molar-refractivity contribution in [3.8, 4) is 0 Å².